The van der Waals surface area contributed by atoms with Gasteiger partial charge in [-0.25, -0.2) is 0 Å². The second kappa shape index (κ2) is 5.34. The predicted octanol–water partition coefficient (Wildman–Crippen LogP) is 4.09. The van der Waals surface area contributed by atoms with Crippen molar-refractivity contribution in [3.8, 4) is 0 Å². The molecule has 0 saturated carbocycles. The summed E-state index contributed by atoms with van der Waals surface area (Å²) in [5.41, 5.74) is 0.336. The van der Waals surface area contributed by atoms with Crippen molar-refractivity contribution in [2.45, 2.75) is 26.4 Å². The van der Waals surface area contributed by atoms with Gasteiger partial charge >= 0.3 is 6.18 Å². The van der Waals surface area contributed by atoms with Crippen molar-refractivity contribution >= 4 is 5.78 Å². The quantitative estimate of drug-likeness (QED) is 0.729. The van der Waals surface area contributed by atoms with Gasteiger partial charge in [0.05, 0.1) is 5.92 Å². The van der Waals surface area contributed by atoms with Crippen LogP contribution in [0.15, 0.2) is 30.3 Å². The fourth-order valence-electron chi connectivity index (χ4n) is 1.67. The summed E-state index contributed by atoms with van der Waals surface area (Å²) in [4.78, 5) is 11.7. The zero-order valence-corrected chi connectivity index (χ0v) is 9.79. The number of carbonyl (C=O) groups is 1. The summed E-state index contributed by atoms with van der Waals surface area (Å²) in [6.07, 6.45) is -4.80. The first-order valence-corrected chi connectivity index (χ1v) is 5.47. The van der Waals surface area contributed by atoms with Crippen molar-refractivity contribution in [2.24, 2.45) is 11.8 Å². The lowest BCUT2D eigenvalue weighted by Crippen LogP contribution is -2.30. The van der Waals surface area contributed by atoms with Gasteiger partial charge in [0.25, 0.3) is 0 Å². The lowest BCUT2D eigenvalue weighted by molar-refractivity contribution is -0.184. The number of halogens is 3. The third-order valence-corrected chi connectivity index (χ3v) is 2.73. The molecule has 0 N–H and O–H groups in total. The summed E-state index contributed by atoms with van der Waals surface area (Å²) in [6, 6.07) is 8.09. The molecule has 1 nitrogen and oxygen atoms in total. The van der Waals surface area contributed by atoms with Crippen molar-refractivity contribution in [3.05, 3.63) is 35.9 Å². The Kier molecular flexibility index (Phi) is 4.32. The maximum Gasteiger partial charge on any atom is 0.392 e. The highest BCUT2D eigenvalue weighted by atomic mass is 19.4. The summed E-state index contributed by atoms with van der Waals surface area (Å²) >= 11 is 0. The molecule has 0 saturated heterocycles. The van der Waals surface area contributed by atoms with Crippen LogP contribution in [-0.4, -0.2) is 12.0 Å². The second-order valence-electron chi connectivity index (χ2n) is 4.39. The van der Waals surface area contributed by atoms with E-state index in [-0.39, 0.29) is 0 Å². The van der Waals surface area contributed by atoms with E-state index in [1.54, 1.807) is 18.2 Å². The van der Waals surface area contributed by atoms with Gasteiger partial charge in [-0.2, -0.15) is 13.2 Å². The van der Waals surface area contributed by atoms with E-state index in [0.717, 1.165) is 0 Å². The summed E-state index contributed by atoms with van der Waals surface area (Å²) in [5.74, 6) is -2.63. The first kappa shape index (κ1) is 13.7. The molecular formula is C13H15F3O. The molecule has 0 spiro atoms. The first-order chi connectivity index (χ1) is 7.82. The number of rotatable bonds is 4. The van der Waals surface area contributed by atoms with Crippen molar-refractivity contribution < 1.29 is 18.0 Å². The van der Waals surface area contributed by atoms with Crippen LogP contribution in [0.5, 0.6) is 0 Å². The van der Waals surface area contributed by atoms with Gasteiger partial charge < -0.3 is 0 Å². The molecule has 0 amide bonds. The molecule has 0 bridgehead atoms. The molecule has 0 aliphatic carbocycles. The van der Waals surface area contributed by atoms with E-state index in [1.165, 1.54) is 26.0 Å². The van der Waals surface area contributed by atoms with Crippen LogP contribution in [0.25, 0.3) is 0 Å². The molecule has 0 radical (unpaired) electrons. The molecule has 17 heavy (non-hydrogen) atoms. The van der Waals surface area contributed by atoms with Gasteiger partial charge in [-0.15, -0.1) is 0 Å². The monoisotopic (exact) mass is 244 g/mol. The van der Waals surface area contributed by atoms with Crippen LogP contribution in [0.2, 0.25) is 0 Å². The van der Waals surface area contributed by atoms with E-state index in [4.69, 9.17) is 0 Å². The maximum atomic E-state index is 12.7. The van der Waals surface area contributed by atoms with Crippen molar-refractivity contribution in [1.29, 1.82) is 0 Å². The predicted molar refractivity (Wildman–Crippen MR) is 59.8 cm³/mol. The largest absolute Gasteiger partial charge is 0.392 e. The Morgan fingerprint density at radius 2 is 1.71 bits per heavy atom. The molecule has 0 aliphatic heterocycles. The molecular weight excluding hydrogens is 229 g/mol. The van der Waals surface area contributed by atoms with Crippen LogP contribution in [-0.2, 0) is 0 Å². The lowest BCUT2D eigenvalue weighted by atomic mass is 9.88. The van der Waals surface area contributed by atoms with E-state index in [2.05, 4.69) is 0 Å². The van der Waals surface area contributed by atoms with Crippen LogP contribution < -0.4 is 0 Å². The average Bonchev–Trinajstić information content (AvgIpc) is 2.24. The van der Waals surface area contributed by atoms with Crippen LogP contribution in [0.4, 0.5) is 13.2 Å². The highest BCUT2D eigenvalue weighted by Crippen LogP contribution is 2.35. The minimum atomic E-state index is -4.32. The van der Waals surface area contributed by atoms with Gasteiger partial charge in [0.1, 0.15) is 0 Å². The third-order valence-electron chi connectivity index (χ3n) is 2.73. The first-order valence-electron chi connectivity index (χ1n) is 5.47. The summed E-state index contributed by atoms with van der Waals surface area (Å²) in [6.45, 7) is 2.97. The Balaban J connectivity index is 2.79. The smallest absolute Gasteiger partial charge is 0.294 e. The van der Waals surface area contributed by atoms with Crippen LogP contribution in [0.1, 0.15) is 30.6 Å². The molecule has 1 unspecified atom stereocenters. The fourth-order valence-corrected chi connectivity index (χ4v) is 1.67. The zero-order chi connectivity index (χ0) is 13.1. The SMILES string of the molecule is CC(C)C(CC(=O)c1ccccc1)C(F)(F)F. The highest BCUT2D eigenvalue weighted by Gasteiger charge is 2.42. The van der Waals surface area contributed by atoms with Crippen molar-refractivity contribution in [3.63, 3.8) is 0 Å². The summed E-state index contributed by atoms with van der Waals surface area (Å²) in [7, 11) is 0. The summed E-state index contributed by atoms with van der Waals surface area (Å²) < 4.78 is 38.1. The number of alkyl halides is 3. The molecule has 1 aromatic carbocycles. The molecule has 4 heteroatoms. The maximum absolute atomic E-state index is 12.7. The molecule has 94 valence electrons. The van der Waals surface area contributed by atoms with E-state index >= 15 is 0 Å². The van der Waals surface area contributed by atoms with Gasteiger partial charge in [0, 0.05) is 12.0 Å². The average molecular weight is 244 g/mol. The standard InChI is InChI=1S/C13H15F3O/c1-9(2)11(13(14,15)16)8-12(17)10-6-4-3-5-7-10/h3-7,9,11H,8H2,1-2H3. The van der Waals surface area contributed by atoms with Gasteiger partial charge in [0.15, 0.2) is 5.78 Å². The molecule has 0 heterocycles. The van der Waals surface area contributed by atoms with Crippen LogP contribution in [0, 0.1) is 11.8 Å². The zero-order valence-electron chi connectivity index (χ0n) is 9.79. The van der Waals surface area contributed by atoms with E-state index in [1.807, 2.05) is 0 Å². The van der Waals surface area contributed by atoms with E-state index in [0.29, 0.717) is 5.56 Å². The van der Waals surface area contributed by atoms with Crippen LogP contribution in [0.3, 0.4) is 0 Å². The lowest BCUT2D eigenvalue weighted by Gasteiger charge is -2.23. The van der Waals surface area contributed by atoms with E-state index in [9.17, 15) is 18.0 Å². The fraction of sp³-hybridized carbons (Fsp3) is 0.462. The highest BCUT2D eigenvalue weighted by molar-refractivity contribution is 5.96. The Morgan fingerprint density at radius 3 is 2.12 bits per heavy atom. The minimum absolute atomic E-state index is 0.336. The second-order valence-corrected chi connectivity index (χ2v) is 4.39. The number of ketones is 1. The summed E-state index contributed by atoms with van der Waals surface area (Å²) in [5, 5.41) is 0. The topological polar surface area (TPSA) is 17.1 Å². The molecule has 0 fully saturated rings. The number of hydrogen-bond donors (Lipinski definition) is 0. The number of Topliss-reactive ketones (excluding diaryl/α,β-unsaturated/α-hetero) is 1. The Morgan fingerprint density at radius 1 is 1.18 bits per heavy atom. The molecule has 1 aromatic rings. The van der Waals surface area contributed by atoms with Gasteiger partial charge in [-0.3, -0.25) is 4.79 Å². The normalized spacial score (nSPS) is 13.8. The molecule has 1 atom stereocenters. The molecule has 1 rings (SSSR count). The molecule has 0 aromatic heterocycles. The van der Waals surface area contributed by atoms with Gasteiger partial charge in [-0.05, 0) is 5.92 Å². The minimum Gasteiger partial charge on any atom is -0.294 e. The number of benzene rings is 1. The van der Waals surface area contributed by atoms with Crippen molar-refractivity contribution in [1.82, 2.24) is 0 Å². The number of hydrogen-bond acceptors (Lipinski definition) is 1. The van der Waals surface area contributed by atoms with Crippen molar-refractivity contribution in [2.75, 3.05) is 0 Å². The van der Waals surface area contributed by atoms with Gasteiger partial charge in [-0.1, -0.05) is 44.2 Å². The Bertz CT molecular complexity index is 368. The number of carbonyl (C=O) groups excluding carboxylic acids is 1. The van der Waals surface area contributed by atoms with Gasteiger partial charge in [0.2, 0.25) is 0 Å². The molecule has 0 aliphatic rings. The third kappa shape index (κ3) is 3.88. The van der Waals surface area contributed by atoms with Crippen LogP contribution >= 0.6 is 0 Å². The van der Waals surface area contributed by atoms with E-state index < -0.39 is 30.2 Å². The Labute approximate surface area is 98.6 Å². The Hall–Kier alpha value is -1.32.